The van der Waals surface area contributed by atoms with Crippen LogP contribution in [0.1, 0.15) is 34.6 Å². The van der Waals surface area contributed by atoms with E-state index >= 15 is 0 Å². The van der Waals surface area contributed by atoms with Crippen molar-refractivity contribution in [1.82, 2.24) is 15.3 Å². The molecule has 2 amide bonds. The molecule has 0 saturated heterocycles. The number of aromatic nitrogens is 2. The molecular formula is C25H30N8O3. The van der Waals surface area contributed by atoms with Crippen LogP contribution in [-0.2, 0) is 11.2 Å². The number of carbonyl (C=O) groups is 2. The lowest BCUT2D eigenvalue weighted by Gasteiger charge is -2.08. The summed E-state index contributed by atoms with van der Waals surface area (Å²) in [5.41, 5.74) is 19.3. The summed E-state index contributed by atoms with van der Waals surface area (Å²) in [5.74, 6) is -0.120. The first kappa shape index (κ1) is 25.9. The maximum Gasteiger partial charge on any atom is 0.280 e. The molecule has 188 valence electrons. The summed E-state index contributed by atoms with van der Waals surface area (Å²) in [6, 6.07) is 16.8. The molecule has 1 aromatic heterocycles. The van der Waals surface area contributed by atoms with Crippen molar-refractivity contribution in [3.8, 4) is 5.75 Å². The molecule has 11 heteroatoms. The van der Waals surface area contributed by atoms with Gasteiger partial charge >= 0.3 is 0 Å². The number of nitrogens with zero attached hydrogens (tertiary/aromatic N) is 3. The van der Waals surface area contributed by atoms with Crippen LogP contribution in [0.25, 0.3) is 0 Å². The van der Waals surface area contributed by atoms with E-state index in [1.165, 1.54) is 0 Å². The molecule has 2 aromatic carbocycles. The summed E-state index contributed by atoms with van der Waals surface area (Å²) in [7, 11) is 0. The molecule has 0 fully saturated rings. The fourth-order valence-electron chi connectivity index (χ4n) is 3.19. The van der Waals surface area contributed by atoms with Crippen molar-refractivity contribution < 1.29 is 14.3 Å². The lowest BCUT2D eigenvalue weighted by molar-refractivity contribution is -0.118. The molecule has 36 heavy (non-hydrogen) atoms. The highest BCUT2D eigenvalue weighted by Gasteiger charge is 2.15. The van der Waals surface area contributed by atoms with Crippen molar-refractivity contribution >= 4 is 35.1 Å². The Kier molecular flexibility index (Phi) is 9.15. The highest BCUT2D eigenvalue weighted by molar-refractivity contribution is 6.06. The fourth-order valence-corrected chi connectivity index (χ4v) is 3.19. The number of aryl methyl sites for hydroxylation is 2. The van der Waals surface area contributed by atoms with Crippen LogP contribution in [0, 0.1) is 6.92 Å². The Bertz CT molecular complexity index is 1210. The Morgan fingerprint density at radius 2 is 1.69 bits per heavy atom. The summed E-state index contributed by atoms with van der Waals surface area (Å²) in [6.45, 7) is 2.01. The van der Waals surface area contributed by atoms with Gasteiger partial charge in [0.25, 0.3) is 11.8 Å². The molecule has 0 unspecified atom stereocenters. The maximum atomic E-state index is 12.3. The van der Waals surface area contributed by atoms with E-state index in [9.17, 15) is 9.59 Å². The molecule has 0 aliphatic rings. The quantitative estimate of drug-likeness (QED) is 0.162. The zero-order chi connectivity index (χ0) is 25.9. The van der Waals surface area contributed by atoms with Crippen molar-refractivity contribution in [3.63, 3.8) is 0 Å². The number of aliphatic imine (C=N–C) groups is 1. The van der Waals surface area contributed by atoms with Crippen LogP contribution in [0.2, 0.25) is 0 Å². The van der Waals surface area contributed by atoms with Crippen molar-refractivity contribution in [2.45, 2.75) is 26.2 Å². The zero-order valence-corrected chi connectivity index (χ0v) is 20.0. The van der Waals surface area contributed by atoms with E-state index in [0.717, 1.165) is 30.5 Å². The van der Waals surface area contributed by atoms with Crippen LogP contribution in [0.4, 0.5) is 17.3 Å². The first-order chi connectivity index (χ1) is 17.3. The summed E-state index contributed by atoms with van der Waals surface area (Å²) >= 11 is 0. The van der Waals surface area contributed by atoms with Gasteiger partial charge in [-0.1, -0.05) is 30.3 Å². The van der Waals surface area contributed by atoms with Crippen LogP contribution in [0.5, 0.6) is 5.75 Å². The third kappa shape index (κ3) is 7.97. The van der Waals surface area contributed by atoms with Crippen LogP contribution < -0.4 is 32.6 Å². The number of hydrogen-bond acceptors (Lipinski definition) is 8. The lowest BCUT2D eigenvalue weighted by Crippen LogP contribution is -2.38. The van der Waals surface area contributed by atoms with Gasteiger partial charge in [-0.25, -0.2) is 9.97 Å². The Hall–Kier alpha value is -4.67. The van der Waals surface area contributed by atoms with E-state index in [2.05, 4.69) is 25.6 Å². The fraction of sp³-hybridized carbons (Fsp3) is 0.240. The predicted octanol–water partition coefficient (Wildman–Crippen LogP) is 2.03. The minimum absolute atomic E-state index is 0.0199. The summed E-state index contributed by atoms with van der Waals surface area (Å²) < 4.78 is 5.55. The van der Waals surface area contributed by atoms with Crippen LogP contribution in [0.3, 0.4) is 0 Å². The van der Waals surface area contributed by atoms with E-state index < -0.39 is 5.91 Å². The molecule has 0 radical (unpaired) electrons. The molecule has 0 aliphatic carbocycles. The van der Waals surface area contributed by atoms with Crippen LogP contribution in [0.15, 0.2) is 59.6 Å². The monoisotopic (exact) mass is 490 g/mol. The summed E-state index contributed by atoms with van der Waals surface area (Å²) in [5, 5.41) is 5.23. The number of nitrogens with two attached hydrogens (primary N) is 3. The molecule has 3 rings (SSSR count). The Labute approximate surface area is 209 Å². The van der Waals surface area contributed by atoms with Gasteiger partial charge in [0, 0.05) is 12.2 Å². The number of unbranched alkanes of at least 4 members (excludes halogenated alkanes) is 1. The first-order valence-corrected chi connectivity index (χ1v) is 11.4. The van der Waals surface area contributed by atoms with Gasteiger partial charge in [0.1, 0.15) is 11.6 Å². The van der Waals surface area contributed by atoms with E-state index in [1.807, 2.05) is 54.6 Å². The van der Waals surface area contributed by atoms with Gasteiger partial charge in [-0.3, -0.25) is 19.9 Å². The van der Waals surface area contributed by atoms with Gasteiger partial charge in [-0.05, 0) is 56.0 Å². The van der Waals surface area contributed by atoms with Crippen molar-refractivity contribution in [3.05, 3.63) is 71.5 Å². The molecule has 0 bridgehead atoms. The number of benzene rings is 2. The number of hydrogen-bond donors (Lipinski definition) is 5. The molecule has 0 atom stereocenters. The number of amides is 2. The van der Waals surface area contributed by atoms with Crippen molar-refractivity contribution in [2.75, 3.05) is 29.9 Å². The van der Waals surface area contributed by atoms with Crippen molar-refractivity contribution in [2.24, 2.45) is 10.7 Å². The SMILES string of the molecule is Cc1nc(C(=O)NC(N)=NCCCCc2ccc(OCC(=O)Nc3ccccc3)cc2)c(N)nc1N. The van der Waals surface area contributed by atoms with Gasteiger partial charge < -0.3 is 27.3 Å². The maximum absolute atomic E-state index is 12.3. The van der Waals surface area contributed by atoms with Gasteiger partial charge in [0.15, 0.2) is 24.1 Å². The molecule has 0 saturated carbocycles. The third-order valence-corrected chi connectivity index (χ3v) is 5.10. The minimum atomic E-state index is -0.593. The number of anilines is 3. The molecular weight excluding hydrogens is 460 g/mol. The van der Waals surface area contributed by atoms with Crippen LogP contribution >= 0.6 is 0 Å². The van der Waals surface area contributed by atoms with Gasteiger partial charge in [0.2, 0.25) is 0 Å². The largest absolute Gasteiger partial charge is 0.484 e. The predicted molar refractivity (Wildman–Crippen MR) is 139 cm³/mol. The van der Waals surface area contributed by atoms with E-state index in [1.54, 1.807) is 6.92 Å². The zero-order valence-electron chi connectivity index (χ0n) is 20.0. The molecule has 11 nitrogen and oxygen atoms in total. The summed E-state index contributed by atoms with van der Waals surface area (Å²) in [6.07, 6.45) is 2.49. The van der Waals surface area contributed by atoms with Crippen LogP contribution in [-0.4, -0.2) is 40.9 Å². The van der Waals surface area contributed by atoms with E-state index in [4.69, 9.17) is 21.9 Å². The third-order valence-electron chi connectivity index (χ3n) is 5.10. The summed E-state index contributed by atoms with van der Waals surface area (Å²) in [4.78, 5) is 36.4. The second kappa shape index (κ2) is 12.7. The highest BCUT2D eigenvalue weighted by Crippen LogP contribution is 2.15. The molecule has 0 spiro atoms. The number of ether oxygens (including phenoxy) is 1. The average Bonchev–Trinajstić information content (AvgIpc) is 2.86. The molecule has 8 N–H and O–H groups in total. The van der Waals surface area contributed by atoms with Gasteiger partial charge in [0.05, 0.1) is 5.69 Å². The first-order valence-electron chi connectivity index (χ1n) is 11.4. The lowest BCUT2D eigenvalue weighted by atomic mass is 10.1. The Morgan fingerprint density at radius 3 is 2.42 bits per heavy atom. The van der Waals surface area contributed by atoms with Gasteiger partial charge in [-0.2, -0.15) is 0 Å². The molecule has 0 aliphatic heterocycles. The van der Waals surface area contributed by atoms with E-state index in [-0.39, 0.29) is 35.8 Å². The van der Waals surface area contributed by atoms with E-state index in [0.29, 0.717) is 18.0 Å². The average molecular weight is 491 g/mol. The number of carbonyl (C=O) groups excluding carboxylic acids is 2. The number of nitrogens with one attached hydrogen (secondary N) is 2. The second-order valence-corrected chi connectivity index (χ2v) is 7.95. The second-order valence-electron chi connectivity index (χ2n) is 7.95. The minimum Gasteiger partial charge on any atom is -0.484 e. The van der Waals surface area contributed by atoms with Crippen molar-refractivity contribution in [1.29, 1.82) is 0 Å². The van der Waals surface area contributed by atoms with Gasteiger partial charge in [-0.15, -0.1) is 0 Å². The normalized spacial score (nSPS) is 11.1. The smallest absolute Gasteiger partial charge is 0.280 e. The molecule has 1 heterocycles. The number of rotatable bonds is 10. The number of nitrogen functional groups attached to an aromatic ring is 2. The Balaban J connectivity index is 1.35. The Morgan fingerprint density at radius 1 is 0.972 bits per heavy atom. The topological polar surface area (TPSA) is 184 Å². The molecule has 3 aromatic rings. The standard InChI is InChI=1S/C25H30N8O3/c1-16-22(26)32-23(27)21(30-16)24(35)33-25(28)29-14-6-5-7-17-10-12-19(13-11-17)36-15-20(34)31-18-8-3-2-4-9-18/h2-4,8-13H,5-7,14-15H2,1H3,(H,31,34)(H4,26,27,32)(H3,28,29,33,35). The highest BCUT2D eigenvalue weighted by atomic mass is 16.5. The number of para-hydroxylation sites is 1. The number of guanidine groups is 1.